The van der Waals surface area contributed by atoms with Gasteiger partial charge >= 0.3 is 0 Å². The zero-order valence-corrected chi connectivity index (χ0v) is 16.3. The summed E-state index contributed by atoms with van der Waals surface area (Å²) >= 11 is 0. The van der Waals surface area contributed by atoms with E-state index in [1.807, 2.05) is 0 Å². The first-order valence-corrected chi connectivity index (χ1v) is 12.0. The molecular weight excluding hydrogens is 288 g/mol. The second-order valence-electron chi connectivity index (χ2n) is 9.06. The SMILES string of the molecule is C=C[C@@]1(O[Si](C)(C)C(C)(C)C)CCC[C@H]2[C@H](CO)CCC[C@@H]21. The molecule has 2 saturated carbocycles. The molecule has 0 unspecified atom stereocenters. The van der Waals surface area contributed by atoms with E-state index in [4.69, 9.17) is 4.43 Å². The molecule has 0 saturated heterocycles. The molecular formula is C19H36O2Si. The van der Waals surface area contributed by atoms with Gasteiger partial charge in [0.2, 0.25) is 0 Å². The van der Waals surface area contributed by atoms with Gasteiger partial charge in [-0.3, -0.25) is 0 Å². The van der Waals surface area contributed by atoms with Crippen molar-refractivity contribution in [1.29, 1.82) is 0 Å². The Bertz CT molecular complexity index is 399. The fourth-order valence-corrected chi connectivity index (χ4v) is 6.07. The topological polar surface area (TPSA) is 29.5 Å². The molecule has 2 rings (SSSR count). The largest absolute Gasteiger partial charge is 0.408 e. The van der Waals surface area contributed by atoms with Crippen LogP contribution in [0.5, 0.6) is 0 Å². The maximum absolute atomic E-state index is 9.78. The van der Waals surface area contributed by atoms with Crippen LogP contribution in [0, 0.1) is 17.8 Å². The van der Waals surface area contributed by atoms with E-state index in [-0.39, 0.29) is 10.6 Å². The lowest BCUT2D eigenvalue weighted by atomic mass is 9.59. The van der Waals surface area contributed by atoms with Gasteiger partial charge in [-0.15, -0.1) is 6.58 Å². The zero-order valence-electron chi connectivity index (χ0n) is 15.3. The summed E-state index contributed by atoms with van der Waals surface area (Å²) in [6, 6.07) is 0. The van der Waals surface area contributed by atoms with Crippen LogP contribution in [0.2, 0.25) is 18.1 Å². The number of hydrogen-bond acceptors (Lipinski definition) is 2. The highest BCUT2D eigenvalue weighted by Crippen LogP contribution is 2.53. The molecule has 2 aliphatic carbocycles. The Morgan fingerprint density at radius 1 is 1.23 bits per heavy atom. The molecule has 128 valence electrons. The summed E-state index contributed by atoms with van der Waals surface area (Å²) < 4.78 is 6.98. The van der Waals surface area contributed by atoms with E-state index in [1.165, 1.54) is 32.1 Å². The molecule has 3 heteroatoms. The van der Waals surface area contributed by atoms with Gasteiger partial charge in [-0.05, 0) is 68.0 Å². The Labute approximate surface area is 138 Å². The standard InChI is InChI=1S/C19H36O2Si/c1-7-19(21-22(5,6)18(2,3)4)13-9-11-16-15(14-20)10-8-12-17(16)19/h7,15-17,20H,1,8-14H2,2-6H3/t15-,16-,17-,19+/m0/s1. The van der Waals surface area contributed by atoms with Gasteiger partial charge < -0.3 is 9.53 Å². The van der Waals surface area contributed by atoms with Gasteiger partial charge in [-0.1, -0.05) is 33.3 Å². The highest BCUT2D eigenvalue weighted by Gasteiger charge is 2.52. The van der Waals surface area contributed by atoms with Crippen molar-refractivity contribution in [2.45, 2.75) is 83.0 Å². The monoisotopic (exact) mass is 324 g/mol. The molecule has 0 aromatic carbocycles. The molecule has 0 heterocycles. The lowest BCUT2D eigenvalue weighted by Crippen LogP contribution is -2.56. The first-order chi connectivity index (χ1) is 10.2. The van der Waals surface area contributed by atoms with Gasteiger partial charge in [-0.2, -0.15) is 0 Å². The molecule has 2 aliphatic rings. The van der Waals surface area contributed by atoms with Crippen molar-refractivity contribution in [2.75, 3.05) is 6.61 Å². The van der Waals surface area contributed by atoms with Crippen molar-refractivity contribution in [3.8, 4) is 0 Å². The number of hydrogen-bond donors (Lipinski definition) is 1. The summed E-state index contributed by atoms with van der Waals surface area (Å²) in [6.07, 6.45) is 9.35. The lowest BCUT2D eigenvalue weighted by Gasteiger charge is -2.55. The minimum absolute atomic E-state index is 0.153. The van der Waals surface area contributed by atoms with Crippen LogP contribution in [-0.2, 0) is 4.43 Å². The first-order valence-electron chi connectivity index (χ1n) is 9.11. The quantitative estimate of drug-likeness (QED) is 0.573. The molecule has 0 aromatic heterocycles. The number of aliphatic hydroxyl groups is 1. The summed E-state index contributed by atoms with van der Waals surface area (Å²) in [5.41, 5.74) is -0.153. The second-order valence-corrected chi connectivity index (χ2v) is 13.8. The average Bonchev–Trinajstić information content (AvgIpc) is 2.45. The first kappa shape index (κ1) is 18.2. The van der Waals surface area contributed by atoms with Crippen LogP contribution < -0.4 is 0 Å². The highest BCUT2D eigenvalue weighted by molar-refractivity contribution is 6.74. The van der Waals surface area contributed by atoms with Crippen molar-refractivity contribution in [3.63, 3.8) is 0 Å². The Hall–Kier alpha value is -0.123. The number of fused-ring (bicyclic) bond motifs is 1. The summed E-state index contributed by atoms with van der Waals surface area (Å²) in [6.45, 7) is 16.2. The minimum atomic E-state index is -1.83. The third-order valence-corrected chi connectivity index (χ3v) is 11.3. The van der Waals surface area contributed by atoms with E-state index in [0.29, 0.717) is 24.4 Å². The highest BCUT2D eigenvalue weighted by atomic mass is 28.4. The molecule has 2 nitrogen and oxygen atoms in total. The Kier molecular flexibility index (Phi) is 5.31. The van der Waals surface area contributed by atoms with Crippen LogP contribution in [0.25, 0.3) is 0 Å². The van der Waals surface area contributed by atoms with Crippen molar-refractivity contribution in [1.82, 2.24) is 0 Å². The average molecular weight is 325 g/mol. The fourth-order valence-electron chi connectivity index (χ4n) is 4.48. The van der Waals surface area contributed by atoms with Gasteiger partial charge in [-0.25, -0.2) is 0 Å². The summed E-state index contributed by atoms with van der Waals surface area (Å²) in [5, 5.41) is 10.00. The molecule has 22 heavy (non-hydrogen) atoms. The van der Waals surface area contributed by atoms with E-state index >= 15 is 0 Å². The van der Waals surface area contributed by atoms with Crippen molar-refractivity contribution in [2.24, 2.45) is 17.8 Å². The Morgan fingerprint density at radius 3 is 2.45 bits per heavy atom. The fraction of sp³-hybridized carbons (Fsp3) is 0.895. The maximum Gasteiger partial charge on any atom is 0.193 e. The van der Waals surface area contributed by atoms with Crippen molar-refractivity contribution < 1.29 is 9.53 Å². The third-order valence-electron chi connectivity index (χ3n) is 6.78. The minimum Gasteiger partial charge on any atom is -0.408 e. The van der Waals surface area contributed by atoms with Gasteiger partial charge in [0.05, 0.1) is 5.60 Å². The van der Waals surface area contributed by atoms with E-state index in [2.05, 4.69) is 46.5 Å². The van der Waals surface area contributed by atoms with Crippen LogP contribution in [0.3, 0.4) is 0 Å². The molecule has 4 atom stereocenters. The second kappa shape index (κ2) is 6.41. The van der Waals surface area contributed by atoms with E-state index in [1.54, 1.807) is 0 Å². The normalized spacial score (nSPS) is 36.7. The predicted molar refractivity (Wildman–Crippen MR) is 96.5 cm³/mol. The summed E-state index contributed by atoms with van der Waals surface area (Å²) in [5.74, 6) is 1.65. The predicted octanol–water partition coefficient (Wildman–Crippen LogP) is 5.14. The zero-order chi connectivity index (χ0) is 16.6. The van der Waals surface area contributed by atoms with Crippen LogP contribution in [-0.4, -0.2) is 25.6 Å². The molecule has 2 fully saturated rings. The Morgan fingerprint density at radius 2 is 1.91 bits per heavy atom. The maximum atomic E-state index is 9.78. The molecule has 0 aromatic rings. The van der Waals surface area contributed by atoms with Crippen LogP contribution in [0.4, 0.5) is 0 Å². The van der Waals surface area contributed by atoms with Crippen molar-refractivity contribution in [3.05, 3.63) is 12.7 Å². The molecule has 0 amide bonds. The molecule has 0 aliphatic heterocycles. The Balaban J connectivity index is 2.30. The molecule has 1 N–H and O–H groups in total. The summed E-state index contributed by atoms with van der Waals surface area (Å²) in [7, 11) is -1.83. The van der Waals surface area contributed by atoms with Crippen LogP contribution in [0.15, 0.2) is 12.7 Å². The van der Waals surface area contributed by atoms with E-state index < -0.39 is 8.32 Å². The van der Waals surface area contributed by atoms with E-state index in [0.717, 1.165) is 6.42 Å². The van der Waals surface area contributed by atoms with E-state index in [9.17, 15) is 5.11 Å². The lowest BCUT2D eigenvalue weighted by molar-refractivity contribution is -0.0682. The smallest absolute Gasteiger partial charge is 0.193 e. The van der Waals surface area contributed by atoms with Gasteiger partial charge in [0.15, 0.2) is 8.32 Å². The molecule has 0 bridgehead atoms. The van der Waals surface area contributed by atoms with Crippen LogP contribution >= 0.6 is 0 Å². The van der Waals surface area contributed by atoms with Gasteiger partial charge in [0.1, 0.15) is 0 Å². The molecule has 0 spiro atoms. The summed E-state index contributed by atoms with van der Waals surface area (Å²) in [4.78, 5) is 0. The number of rotatable bonds is 4. The van der Waals surface area contributed by atoms with Crippen molar-refractivity contribution >= 4 is 8.32 Å². The molecule has 0 radical (unpaired) electrons. The third kappa shape index (κ3) is 3.22. The number of aliphatic hydroxyl groups excluding tert-OH is 1. The van der Waals surface area contributed by atoms with Gasteiger partial charge in [0, 0.05) is 6.61 Å². The van der Waals surface area contributed by atoms with Gasteiger partial charge in [0.25, 0.3) is 0 Å². The van der Waals surface area contributed by atoms with Crippen LogP contribution in [0.1, 0.15) is 59.3 Å².